The van der Waals surface area contributed by atoms with Gasteiger partial charge in [0, 0.05) is 56.9 Å². The minimum Gasteiger partial charge on any atom is -0.508 e. The van der Waals surface area contributed by atoms with Gasteiger partial charge in [-0.1, -0.05) is 0 Å². The number of phenols is 1. The monoisotopic (exact) mass is 515 g/mol. The maximum atomic E-state index is 13.7. The van der Waals surface area contributed by atoms with Gasteiger partial charge < -0.3 is 19.8 Å². The van der Waals surface area contributed by atoms with Crippen LogP contribution in [0.25, 0.3) is 22.3 Å². The minimum atomic E-state index is -0.162. The van der Waals surface area contributed by atoms with Gasteiger partial charge in [-0.05, 0) is 71.3 Å². The number of likely N-dealkylation sites (N-methyl/N-ethyl adjacent to an activating group) is 2. The molecule has 0 saturated heterocycles. The number of benzene rings is 1. The molecule has 1 N–H and O–H groups in total. The van der Waals surface area contributed by atoms with E-state index in [0.717, 1.165) is 42.3 Å². The van der Waals surface area contributed by atoms with E-state index in [4.69, 9.17) is 9.97 Å². The molecular formula is C29H37N7O2. The van der Waals surface area contributed by atoms with Gasteiger partial charge in [0.1, 0.15) is 5.75 Å². The lowest BCUT2D eigenvalue weighted by atomic mass is 10.0. The highest BCUT2D eigenvalue weighted by atomic mass is 16.3. The van der Waals surface area contributed by atoms with Crippen molar-refractivity contribution in [3.05, 3.63) is 65.1 Å². The van der Waals surface area contributed by atoms with Gasteiger partial charge in [0.05, 0.1) is 40.0 Å². The van der Waals surface area contributed by atoms with Gasteiger partial charge in [0.25, 0.3) is 5.91 Å². The summed E-state index contributed by atoms with van der Waals surface area (Å²) in [7, 11) is 7.96. The summed E-state index contributed by atoms with van der Waals surface area (Å²) in [5.41, 5.74) is 6.38. The SMILES string of the molecule is CCn1ncc(CN(C)C(=O)c2cc(-c3ccc(N(C)CCN(C)C)c(C)n3)nc3ccc(O)cc23)c1C. The third-order valence-corrected chi connectivity index (χ3v) is 6.90. The Morgan fingerprint density at radius 1 is 0.974 bits per heavy atom. The largest absolute Gasteiger partial charge is 0.508 e. The summed E-state index contributed by atoms with van der Waals surface area (Å²) < 4.78 is 1.92. The highest BCUT2D eigenvalue weighted by molar-refractivity contribution is 6.07. The number of rotatable bonds is 9. The van der Waals surface area contributed by atoms with Crippen LogP contribution in [0.2, 0.25) is 0 Å². The van der Waals surface area contributed by atoms with E-state index >= 15 is 0 Å². The summed E-state index contributed by atoms with van der Waals surface area (Å²) in [6, 6.07) is 10.7. The number of nitrogens with zero attached hydrogens (tertiary/aromatic N) is 7. The molecule has 1 amide bonds. The number of aromatic nitrogens is 4. The number of amides is 1. The number of hydrogen-bond acceptors (Lipinski definition) is 7. The van der Waals surface area contributed by atoms with E-state index in [-0.39, 0.29) is 11.7 Å². The van der Waals surface area contributed by atoms with Crippen molar-refractivity contribution in [2.24, 2.45) is 0 Å². The van der Waals surface area contributed by atoms with Crippen LogP contribution in [0.5, 0.6) is 5.75 Å². The maximum Gasteiger partial charge on any atom is 0.254 e. The quantitative estimate of drug-likeness (QED) is 0.359. The summed E-state index contributed by atoms with van der Waals surface area (Å²) in [6.45, 7) is 9.06. The Kier molecular flexibility index (Phi) is 7.97. The molecule has 4 aromatic rings. The molecule has 0 atom stereocenters. The Morgan fingerprint density at radius 2 is 1.74 bits per heavy atom. The normalized spacial score (nSPS) is 11.4. The van der Waals surface area contributed by atoms with Gasteiger partial charge in [0.15, 0.2) is 0 Å². The Bertz CT molecular complexity index is 1460. The predicted molar refractivity (Wildman–Crippen MR) is 152 cm³/mol. The van der Waals surface area contributed by atoms with Crippen molar-refractivity contribution >= 4 is 22.5 Å². The third-order valence-electron chi connectivity index (χ3n) is 6.90. The first-order chi connectivity index (χ1) is 18.1. The Labute approximate surface area is 224 Å². The van der Waals surface area contributed by atoms with Crippen LogP contribution in [0, 0.1) is 13.8 Å². The fourth-order valence-corrected chi connectivity index (χ4v) is 4.58. The van der Waals surface area contributed by atoms with Crippen LogP contribution in [0.15, 0.2) is 42.6 Å². The smallest absolute Gasteiger partial charge is 0.254 e. The van der Waals surface area contributed by atoms with E-state index in [2.05, 4.69) is 42.1 Å². The molecule has 0 bridgehead atoms. The molecule has 0 aliphatic rings. The third kappa shape index (κ3) is 5.62. The van der Waals surface area contributed by atoms with Crippen LogP contribution in [0.4, 0.5) is 5.69 Å². The lowest BCUT2D eigenvalue weighted by molar-refractivity contribution is 0.0787. The van der Waals surface area contributed by atoms with Crippen LogP contribution in [0.1, 0.15) is 34.2 Å². The molecule has 3 aromatic heterocycles. The zero-order chi connectivity index (χ0) is 27.6. The number of anilines is 1. The number of carbonyl (C=O) groups is 1. The first kappa shape index (κ1) is 27.1. The van der Waals surface area contributed by atoms with Crippen LogP contribution in [-0.2, 0) is 13.1 Å². The van der Waals surface area contributed by atoms with E-state index < -0.39 is 0 Å². The first-order valence-electron chi connectivity index (χ1n) is 12.8. The molecule has 0 aliphatic carbocycles. The molecule has 3 heterocycles. The summed E-state index contributed by atoms with van der Waals surface area (Å²) >= 11 is 0. The number of aromatic hydroxyl groups is 1. The highest BCUT2D eigenvalue weighted by Crippen LogP contribution is 2.29. The summed E-state index contributed by atoms with van der Waals surface area (Å²) in [4.78, 5) is 29.4. The Hall–Kier alpha value is -3.98. The van der Waals surface area contributed by atoms with Crippen molar-refractivity contribution in [2.45, 2.75) is 33.9 Å². The van der Waals surface area contributed by atoms with E-state index in [1.54, 1.807) is 36.2 Å². The van der Waals surface area contributed by atoms with Gasteiger partial charge in [-0.2, -0.15) is 5.10 Å². The van der Waals surface area contributed by atoms with Crippen molar-refractivity contribution in [1.82, 2.24) is 29.5 Å². The average molecular weight is 516 g/mol. The van der Waals surface area contributed by atoms with Gasteiger partial charge >= 0.3 is 0 Å². The van der Waals surface area contributed by atoms with Crippen molar-refractivity contribution in [1.29, 1.82) is 0 Å². The molecule has 200 valence electrons. The van der Waals surface area contributed by atoms with Crippen molar-refractivity contribution < 1.29 is 9.90 Å². The van der Waals surface area contributed by atoms with Gasteiger partial charge in [-0.3, -0.25) is 9.48 Å². The Morgan fingerprint density at radius 3 is 2.39 bits per heavy atom. The van der Waals surface area contributed by atoms with Gasteiger partial charge in [-0.25, -0.2) is 9.97 Å². The van der Waals surface area contributed by atoms with Crippen molar-refractivity contribution in [3.63, 3.8) is 0 Å². The molecule has 9 nitrogen and oxygen atoms in total. The molecule has 0 spiro atoms. The molecule has 9 heteroatoms. The summed E-state index contributed by atoms with van der Waals surface area (Å²) in [5.74, 6) is -0.0763. The van der Waals surface area contributed by atoms with E-state index in [9.17, 15) is 9.90 Å². The molecule has 38 heavy (non-hydrogen) atoms. The Balaban J connectivity index is 1.70. The fourth-order valence-electron chi connectivity index (χ4n) is 4.58. The standard InChI is InChI=1S/C29H37N7O2/c1-8-36-20(3)21(17-30-36)18-35(7)29(38)24-16-27(32-25-10-9-22(37)15-23(24)25)26-11-12-28(19(2)31-26)34(6)14-13-33(4)5/h9-12,15-17,37H,8,13-14,18H2,1-7H3. The number of pyridine rings is 2. The number of carbonyl (C=O) groups excluding carboxylic acids is 1. The second-order valence-corrected chi connectivity index (χ2v) is 10.0. The van der Waals surface area contributed by atoms with E-state index in [0.29, 0.717) is 34.4 Å². The van der Waals surface area contributed by atoms with Gasteiger partial charge in [0.2, 0.25) is 0 Å². The lowest BCUT2D eigenvalue weighted by Crippen LogP contribution is -2.29. The predicted octanol–water partition coefficient (Wildman–Crippen LogP) is 4.11. The van der Waals surface area contributed by atoms with Crippen LogP contribution < -0.4 is 4.90 Å². The fraction of sp³-hybridized carbons (Fsp3) is 0.379. The zero-order valence-corrected chi connectivity index (χ0v) is 23.4. The topological polar surface area (TPSA) is 90.6 Å². The molecule has 1 aromatic carbocycles. The summed E-state index contributed by atoms with van der Waals surface area (Å²) in [6.07, 6.45) is 1.81. The molecule has 0 fully saturated rings. The van der Waals surface area contributed by atoms with E-state index in [1.165, 1.54) is 0 Å². The molecular weight excluding hydrogens is 478 g/mol. The maximum absolute atomic E-state index is 13.7. The first-order valence-corrected chi connectivity index (χ1v) is 12.8. The molecule has 0 saturated carbocycles. The molecule has 4 rings (SSSR count). The number of fused-ring (bicyclic) bond motifs is 1. The second kappa shape index (κ2) is 11.2. The van der Waals surface area contributed by atoms with Gasteiger partial charge in [-0.15, -0.1) is 0 Å². The van der Waals surface area contributed by atoms with Crippen molar-refractivity contribution in [2.75, 3.05) is 46.2 Å². The van der Waals surface area contributed by atoms with Crippen molar-refractivity contribution in [3.8, 4) is 17.1 Å². The summed E-state index contributed by atoms with van der Waals surface area (Å²) in [5, 5.41) is 15.2. The molecule has 0 aliphatic heterocycles. The number of phenolic OH excluding ortho intramolecular Hbond substituents is 1. The highest BCUT2D eigenvalue weighted by Gasteiger charge is 2.20. The van der Waals surface area contributed by atoms with Crippen LogP contribution >= 0.6 is 0 Å². The average Bonchev–Trinajstić information content (AvgIpc) is 3.24. The number of hydrogen-bond donors (Lipinski definition) is 1. The van der Waals surface area contributed by atoms with Crippen LogP contribution in [0.3, 0.4) is 0 Å². The number of aryl methyl sites for hydroxylation is 2. The molecule has 0 unspecified atom stereocenters. The molecule has 0 radical (unpaired) electrons. The minimum absolute atomic E-state index is 0.0860. The lowest BCUT2D eigenvalue weighted by Gasteiger charge is -2.23. The van der Waals surface area contributed by atoms with Crippen LogP contribution in [-0.4, -0.2) is 81.8 Å². The second-order valence-electron chi connectivity index (χ2n) is 10.0. The zero-order valence-electron chi connectivity index (χ0n) is 23.4. The van der Waals surface area contributed by atoms with E-state index in [1.807, 2.05) is 37.7 Å².